The van der Waals surface area contributed by atoms with E-state index in [1.165, 1.54) is 19.3 Å². The van der Waals surface area contributed by atoms with E-state index in [1.807, 2.05) is 40.7 Å². The number of carbonyl (C=O) groups excluding carboxylic acids is 2. The molecule has 1 saturated heterocycles. The third-order valence-electron chi connectivity index (χ3n) is 8.76. The number of nitrogens with zero attached hydrogens (tertiary/aromatic N) is 3. The molecule has 1 aliphatic carbocycles. The summed E-state index contributed by atoms with van der Waals surface area (Å²) in [7, 11) is 0. The van der Waals surface area contributed by atoms with Crippen LogP contribution in [-0.2, 0) is 11.3 Å². The summed E-state index contributed by atoms with van der Waals surface area (Å²) in [5, 5.41) is 3.37. The fourth-order valence-corrected chi connectivity index (χ4v) is 6.95. The molecule has 2 aromatic rings. The Kier molecular flexibility index (Phi) is 7.80. The minimum Gasteiger partial charge on any atom is -0.463 e. The van der Waals surface area contributed by atoms with E-state index >= 15 is 0 Å². The van der Waals surface area contributed by atoms with Gasteiger partial charge in [-0.15, -0.1) is 0 Å². The van der Waals surface area contributed by atoms with Gasteiger partial charge in [-0.05, 0) is 75.3 Å². The van der Waals surface area contributed by atoms with Crippen LogP contribution in [0.4, 0.5) is 0 Å². The predicted octanol–water partition coefficient (Wildman–Crippen LogP) is 5.17. The van der Waals surface area contributed by atoms with Crippen molar-refractivity contribution in [2.24, 2.45) is 11.8 Å². The second kappa shape index (κ2) is 11.1. The number of rotatable bonds is 7. The van der Waals surface area contributed by atoms with Crippen LogP contribution in [0.25, 0.3) is 11.5 Å². The van der Waals surface area contributed by atoms with Gasteiger partial charge in [0.05, 0.1) is 18.5 Å². The van der Waals surface area contributed by atoms with Gasteiger partial charge in [0.1, 0.15) is 17.0 Å². The normalized spacial score (nSPS) is 27.6. The van der Waals surface area contributed by atoms with Crippen LogP contribution < -0.4 is 5.32 Å². The lowest BCUT2D eigenvalue weighted by Gasteiger charge is -2.45. The van der Waals surface area contributed by atoms with Crippen molar-refractivity contribution in [1.29, 1.82) is 0 Å². The van der Waals surface area contributed by atoms with Crippen molar-refractivity contribution in [1.82, 2.24) is 19.7 Å². The van der Waals surface area contributed by atoms with Crippen LogP contribution in [0.15, 0.2) is 34.9 Å². The molecule has 37 heavy (non-hydrogen) atoms. The molecule has 0 spiro atoms. The summed E-state index contributed by atoms with van der Waals surface area (Å²) < 4.78 is 7.65. The number of aromatic nitrogens is 1. The Bertz CT molecular complexity index is 1060. The summed E-state index contributed by atoms with van der Waals surface area (Å²) in [4.78, 5) is 32.3. The Balaban J connectivity index is 1.38. The molecule has 7 heteroatoms. The van der Waals surface area contributed by atoms with E-state index in [9.17, 15) is 9.59 Å². The van der Waals surface area contributed by atoms with Crippen molar-refractivity contribution >= 4 is 11.8 Å². The van der Waals surface area contributed by atoms with Gasteiger partial charge in [-0.25, -0.2) is 0 Å². The topological polar surface area (TPSA) is 70.7 Å². The fraction of sp³-hybridized carbons (Fsp3) is 0.667. The summed E-state index contributed by atoms with van der Waals surface area (Å²) >= 11 is 0. The molecule has 2 fully saturated rings. The molecule has 2 aliphatic heterocycles. The second-order valence-corrected chi connectivity index (χ2v) is 12.1. The van der Waals surface area contributed by atoms with Gasteiger partial charge in [0, 0.05) is 25.7 Å². The van der Waals surface area contributed by atoms with Crippen LogP contribution >= 0.6 is 0 Å². The standard InChI is InChI=1S/C30H44N4O3/c1-22-18-23(2)20-32(19-22)15-9-16-34-28(35)26-14-13-25(27-12-8-17-37-27)33(26)21-30(34,3)29(36)31-24-10-6-4-5-7-11-24/h8,12-14,17,22-24H,4-7,9-11,15-16,18-21H2,1-3H3,(H,31,36)/t22-,23-,30-/m1/s1. The van der Waals surface area contributed by atoms with E-state index in [4.69, 9.17) is 4.42 Å². The van der Waals surface area contributed by atoms with E-state index in [0.29, 0.717) is 36.4 Å². The summed E-state index contributed by atoms with van der Waals surface area (Å²) in [6, 6.07) is 7.77. The summed E-state index contributed by atoms with van der Waals surface area (Å²) in [5.74, 6) is 2.03. The van der Waals surface area contributed by atoms with Crippen molar-refractivity contribution in [3.8, 4) is 11.5 Å². The lowest BCUT2D eigenvalue weighted by atomic mass is 9.91. The van der Waals surface area contributed by atoms with Crippen LogP contribution in [-0.4, -0.2) is 63.9 Å². The van der Waals surface area contributed by atoms with E-state index < -0.39 is 5.54 Å². The molecule has 2 aromatic heterocycles. The molecular weight excluding hydrogens is 464 g/mol. The van der Waals surface area contributed by atoms with Gasteiger partial charge in [-0.2, -0.15) is 0 Å². The van der Waals surface area contributed by atoms with Gasteiger partial charge < -0.3 is 24.1 Å². The highest BCUT2D eigenvalue weighted by atomic mass is 16.3. The quantitative estimate of drug-likeness (QED) is 0.524. The lowest BCUT2D eigenvalue weighted by Crippen LogP contribution is -2.65. The highest BCUT2D eigenvalue weighted by molar-refractivity contribution is 6.00. The first-order valence-corrected chi connectivity index (χ1v) is 14.4. The Morgan fingerprint density at radius 2 is 1.73 bits per heavy atom. The summed E-state index contributed by atoms with van der Waals surface area (Å²) in [6.45, 7) is 10.8. The van der Waals surface area contributed by atoms with Gasteiger partial charge in [-0.1, -0.05) is 39.5 Å². The first kappa shape index (κ1) is 26.1. The number of hydrogen-bond donors (Lipinski definition) is 1. The Labute approximate surface area is 221 Å². The number of furan rings is 1. The van der Waals surface area contributed by atoms with Gasteiger partial charge >= 0.3 is 0 Å². The highest BCUT2D eigenvalue weighted by Gasteiger charge is 2.48. The van der Waals surface area contributed by atoms with Crippen molar-refractivity contribution < 1.29 is 14.0 Å². The van der Waals surface area contributed by atoms with Gasteiger partial charge in [0.25, 0.3) is 5.91 Å². The fourth-order valence-electron chi connectivity index (χ4n) is 6.95. The molecule has 0 aromatic carbocycles. The predicted molar refractivity (Wildman–Crippen MR) is 145 cm³/mol. The molecule has 0 unspecified atom stereocenters. The van der Waals surface area contributed by atoms with Gasteiger partial charge in [0.2, 0.25) is 5.91 Å². The van der Waals surface area contributed by atoms with Crippen molar-refractivity contribution in [3.05, 3.63) is 36.2 Å². The minimum atomic E-state index is -0.959. The number of likely N-dealkylation sites (tertiary alicyclic amines) is 1. The van der Waals surface area contributed by atoms with Gasteiger partial charge in [0.15, 0.2) is 0 Å². The number of nitrogens with one attached hydrogen (secondary N) is 1. The van der Waals surface area contributed by atoms with Gasteiger partial charge in [-0.3, -0.25) is 9.59 Å². The Morgan fingerprint density at radius 3 is 2.41 bits per heavy atom. The number of carbonyl (C=O) groups is 2. The molecule has 0 radical (unpaired) electrons. The molecular formula is C30H44N4O3. The van der Waals surface area contributed by atoms with Crippen LogP contribution in [0.3, 0.4) is 0 Å². The van der Waals surface area contributed by atoms with E-state index in [2.05, 4.69) is 24.1 Å². The summed E-state index contributed by atoms with van der Waals surface area (Å²) in [5.41, 5.74) is 0.517. The molecule has 5 rings (SSSR count). The first-order valence-electron chi connectivity index (χ1n) is 14.4. The molecule has 1 N–H and O–H groups in total. The number of fused-ring (bicyclic) bond motifs is 1. The average Bonchev–Trinajstić information content (AvgIpc) is 3.45. The van der Waals surface area contributed by atoms with Crippen LogP contribution in [0, 0.1) is 11.8 Å². The lowest BCUT2D eigenvalue weighted by molar-refractivity contribution is -0.133. The number of hydrogen-bond acceptors (Lipinski definition) is 4. The molecule has 202 valence electrons. The molecule has 0 bridgehead atoms. The third kappa shape index (κ3) is 5.52. The molecule has 3 atom stereocenters. The molecule has 1 saturated carbocycles. The van der Waals surface area contributed by atoms with Crippen LogP contribution in [0.2, 0.25) is 0 Å². The SMILES string of the molecule is C[C@@H]1C[C@@H](C)CN(CCCN2C(=O)c3ccc(-c4ccco4)n3C[C@]2(C)C(=O)NC2CCCCCC2)C1. The molecule has 3 aliphatic rings. The highest BCUT2D eigenvalue weighted by Crippen LogP contribution is 2.34. The van der Waals surface area contributed by atoms with E-state index in [-0.39, 0.29) is 17.9 Å². The number of piperidine rings is 1. The second-order valence-electron chi connectivity index (χ2n) is 12.1. The number of amides is 2. The van der Waals surface area contributed by atoms with Crippen molar-refractivity contribution in [3.63, 3.8) is 0 Å². The van der Waals surface area contributed by atoms with Crippen molar-refractivity contribution in [2.75, 3.05) is 26.2 Å². The zero-order valence-electron chi connectivity index (χ0n) is 22.9. The molecule has 4 heterocycles. The Hall–Kier alpha value is -2.54. The summed E-state index contributed by atoms with van der Waals surface area (Å²) in [6.07, 6.45) is 10.6. The monoisotopic (exact) mass is 508 g/mol. The molecule has 7 nitrogen and oxygen atoms in total. The van der Waals surface area contributed by atoms with Crippen LogP contribution in [0.5, 0.6) is 0 Å². The maximum Gasteiger partial charge on any atom is 0.271 e. The smallest absolute Gasteiger partial charge is 0.271 e. The maximum atomic E-state index is 14.0. The zero-order valence-corrected chi connectivity index (χ0v) is 22.9. The maximum absolute atomic E-state index is 14.0. The first-order chi connectivity index (χ1) is 17.8. The van der Waals surface area contributed by atoms with Crippen molar-refractivity contribution in [2.45, 2.75) is 90.3 Å². The zero-order chi connectivity index (χ0) is 26.0. The Morgan fingerprint density at radius 1 is 1.03 bits per heavy atom. The van der Waals surface area contributed by atoms with E-state index in [0.717, 1.165) is 57.4 Å². The third-order valence-corrected chi connectivity index (χ3v) is 8.76. The van der Waals surface area contributed by atoms with Crippen LogP contribution in [0.1, 0.15) is 82.6 Å². The van der Waals surface area contributed by atoms with E-state index in [1.54, 1.807) is 6.26 Å². The molecule has 2 amide bonds. The largest absolute Gasteiger partial charge is 0.463 e. The minimum absolute atomic E-state index is 0.0299. The average molecular weight is 509 g/mol.